The molecule has 0 N–H and O–H groups in total. The Morgan fingerprint density at radius 1 is 0.857 bits per heavy atom. The molecule has 4 aromatic carbocycles. The van der Waals surface area contributed by atoms with Gasteiger partial charge in [0.15, 0.2) is 0 Å². The molecule has 0 saturated heterocycles. The van der Waals surface area contributed by atoms with Gasteiger partial charge in [0.05, 0.1) is 5.41 Å². The predicted octanol–water partition coefficient (Wildman–Crippen LogP) is 9.50. The second kappa shape index (κ2) is 7.58. The molecular formula is C32H20BrClO. The molecule has 0 fully saturated rings. The molecule has 0 saturated carbocycles. The number of hydrogen-bond acceptors (Lipinski definition) is 1. The number of fused-ring (bicyclic) bond motifs is 11. The van der Waals surface area contributed by atoms with Crippen LogP contribution in [0.4, 0.5) is 0 Å². The van der Waals surface area contributed by atoms with Gasteiger partial charge < -0.3 is 4.42 Å². The molecular weight excluding hydrogens is 516 g/mol. The van der Waals surface area contributed by atoms with Crippen LogP contribution in [-0.2, 0) is 11.8 Å². The summed E-state index contributed by atoms with van der Waals surface area (Å²) in [5.41, 5.74) is 9.47. The summed E-state index contributed by atoms with van der Waals surface area (Å²) < 4.78 is 7.29. The molecule has 3 heteroatoms. The van der Waals surface area contributed by atoms with Gasteiger partial charge in [-0.3, -0.25) is 0 Å². The Balaban J connectivity index is 1.72. The lowest BCUT2D eigenvalue weighted by Crippen LogP contribution is -2.30. The first-order valence-electron chi connectivity index (χ1n) is 11.7. The summed E-state index contributed by atoms with van der Waals surface area (Å²) in [7, 11) is 0. The summed E-state index contributed by atoms with van der Waals surface area (Å²) >= 11 is 10.4. The van der Waals surface area contributed by atoms with Crippen LogP contribution in [0.3, 0.4) is 0 Å². The van der Waals surface area contributed by atoms with Crippen molar-refractivity contribution in [1.82, 2.24) is 0 Å². The van der Waals surface area contributed by atoms with E-state index in [1.165, 1.54) is 27.8 Å². The Hall–Kier alpha value is -3.33. The SMILES string of the molecule is C=C1/C=C(Br)\C=C/Cc2ccccc2C12c1cc(Cl)ccc1-c1c2ccc2oc3ccccc3c12. The van der Waals surface area contributed by atoms with Crippen molar-refractivity contribution in [3.8, 4) is 11.1 Å². The normalized spacial score (nSPS) is 21.1. The highest BCUT2D eigenvalue weighted by Gasteiger charge is 2.48. The standard InChI is InChI=1S/C32H20BrClO/c1-19-17-21(33)9-6-8-20-7-2-4-11-25(20)32(19)26-15-16-29-31(24-10-3-5-12-28(24)35-29)30(26)23-14-13-22(34)18-27(23)32/h2-7,9-18H,1,8H2/b9-6-,21-17+. The highest BCUT2D eigenvalue weighted by atomic mass is 79.9. The number of allylic oxidation sites excluding steroid dienone is 5. The zero-order chi connectivity index (χ0) is 23.7. The molecule has 1 heterocycles. The van der Waals surface area contributed by atoms with Crippen molar-refractivity contribution >= 4 is 49.5 Å². The van der Waals surface area contributed by atoms with Crippen molar-refractivity contribution in [2.75, 3.05) is 0 Å². The van der Waals surface area contributed by atoms with Crippen LogP contribution in [0.25, 0.3) is 33.1 Å². The molecule has 168 valence electrons. The largest absolute Gasteiger partial charge is 0.456 e. The number of benzene rings is 4. The molecule has 2 aliphatic rings. The van der Waals surface area contributed by atoms with Gasteiger partial charge in [0.25, 0.3) is 0 Å². The van der Waals surface area contributed by atoms with Gasteiger partial charge >= 0.3 is 0 Å². The molecule has 7 rings (SSSR count). The van der Waals surface area contributed by atoms with Crippen LogP contribution >= 0.6 is 27.5 Å². The van der Waals surface area contributed by atoms with E-state index in [1.54, 1.807) is 0 Å². The molecule has 0 radical (unpaired) electrons. The Labute approximate surface area is 217 Å². The second-order valence-electron chi connectivity index (χ2n) is 9.22. The number of para-hydroxylation sites is 1. The van der Waals surface area contributed by atoms with Crippen LogP contribution in [0.2, 0.25) is 5.02 Å². The maximum absolute atomic E-state index is 6.68. The van der Waals surface area contributed by atoms with Crippen LogP contribution in [0.5, 0.6) is 0 Å². The van der Waals surface area contributed by atoms with Crippen LogP contribution in [0.15, 0.2) is 118 Å². The van der Waals surface area contributed by atoms with Crippen LogP contribution in [-0.4, -0.2) is 0 Å². The Morgan fingerprint density at radius 2 is 1.69 bits per heavy atom. The fourth-order valence-corrected chi connectivity index (χ4v) is 6.73. The summed E-state index contributed by atoms with van der Waals surface area (Å²) in [5, 5.41) is 2.98. The van der Waals surface area contributed by atoms with Gasteiger partial charge in [-0.05, 0) is 75.7 Å². The molecule has 2 aliphatic carbocycles. The zero-order valence-electron chi connectivity index (χ0n) is 18.8. The van der Waals surface area contributed by atoms with Gasteiger partial charge in [0, 0.05) is 20.3 Å². The van der Waals surface area contributed by atoms with E-state index < -0.39 is 5.41 Å². The van der Waals surface area contributed by atoms with Crippen molar-refractivity contribution in [2.24, 2.45) is 0 Å². The average Bonchev–Trinajstić information content (AvgIpc) is 3.38. The molecule has 0 aliphatic heterocycles. The highest BCUT2D eigenvalue weighted by Crippen LogP contribution is 2.60. The quantitative estimate of drug-likeness (QED) is 0.192. The molecule has 0 amide bonds. The third kappa shape index (κ3) is 2.81. The van der Waals surface area contributed by atoms with Crippen LogP contribution in [0.1, 0.15) is 22.3 Å². The van der Waals surface area contributed by atoms with Crippen molar-refractivity contribution in [1.29, 1.82) is 0 Å². The minimum Gasteiger partial charge on any atom is -0.456 e. The van der Waals surface area contributed by atoms with E-state index in [-0.39, 0.29) is 0 Å². The third-order valence-corrected chi connectivity index (χ3v) is 8.16. The lowest BCUT2D eigenvalue weighted by molar-refractivity contribution is 0.668. The number of hydrogen-bond donors (Lipinski definition) is 0. The Kier molecular flexibility index (Phi) is 4.55. The Morgan fingerprint density at radius 3 is 2.60 bits per heavy atom. The second-order valence-corrected chi connectivity index (χ2v) is 10.6. The van der Waals surface area contributed by atoms with E-state index in [2.05, 4.69) is 94.8 Å². The molecule has 5 aromatic rings. The molecule has 1 nitrogen and oxygen atoms in total. The lowest BCUT2D eigenvalue weighted by Gasteiger charge is -2.35. The summed E-state index contributed by atoms with van der Waals surface area (Å²) in [4.78, 5) is 0. The monoisotopic (exact) mass is 534 g/mol. The van der Waals surface area contributed by atoms with Crippen molar-refractivity contribution in [3.63, 3.8) is 0 Å². The van der Waals surface area contributed by atoms with Crippen molar-refractivity contribution < 1.29 is 4.42 Å². The van der Waals surface area contributed by atoms with E-state index in [1.807, 2.05) is 18.2 Å². The molecule has 1 atom stereocenters. The van der Waals surface area contributed by atoms with Crippen LogP contribution in [0, 0.1) is 0 Å². The maximum atomic E-state index is 6.68. The zero-order valence-corrected chi connectivity index (χ0v) is 21.2. The fourth-order valence-electron chi connectivity index (χ4n) is 6.09. The van der Waals surface area contributed by atoms with E-state index in [0.717, 1.165) is 49.0 Å². The van der Waals surface area contributed by atoms with E-state index in [0.29, 0.717) is 0 Å². The smallest absolute Gasteiger partial charge is 0.136 e. The van der Waals surface area contributed by atoms with E-state index in [9.17, 15) is 0 Å². The number of furan rings is 1. The third-order valence-electron chi connectivity index (χ3n) is 7.43. The minimum absolute atomic E-state index is 0.580. The van der Waals surface area contributed by atoms with Crippen LogP contribution < -0.4 is 0 Å². The summed E-state index contributed by atoms with van der Waals surface area (Å²) in [5.74, 6) is 0. The molecule has 1 spiro atoms. The first-order valence-corrected chi connectivity index (χ1v) is 12.8. The molecule has 35 heavy (non-hydrogen) atoms. The topological polar surface area (TPSA) is 13.1 Å². The first kappa shape index (κ1) is 21.0. The van der Waals surface area contributed by atoms with Gasteiger partial charge in [0.2, 0.25) is 0 Å². The number of halogens is 2. The van der Waals surface area contributed by atoms with Gasteiger partial charge in [0.1, 0.15) is 11.2 Å². The first-order chi connectivity index (χ1) is 17.1. The molecule has 1 unspecified atom stereocenters. The Bertz CT molecular complexity index is 1770. The highest BCUT2D eigenvalue weighted by molar-refractivity contribution is 9.11. The number of rotatable bonds is 0. The fraction of sp³-hybridized carbons (Fsp3) is 0.0625. The summed E-state index contributed by atoms with van der Waals surface area (Å²) in [6, 6.07) is 27.6. The van der Waals surface area contributed by atoms with Crippen molar-refractivity contribution in [2.45, 2.75) is 11.8 Å². The molecule has 0 bridgehead atoms. The lowest BCUT2D eigenvalue weighted by atomic mass is 9.66. The van der Waals surface area contributed by atoms with E-state index in [4.69, 9.17) is 22.6 Å². The maximum Gasteiger partial charge on any atom is 0.136 e. The minimum atomic E-state index is -0.580. The summed E-state index contributed by atoms with van der Waals surface area (Å²) in [6.45, 7) is 4.69. The van der Waals surface area contributed by atoms with Gasteiger partial charge in [-0.1, -0.05) is 101 Å². The average molecular weight is 536 g/mol. The van der Waals surface area contributed by atoms with Gasteiger partial charge in [-0.2, -0.15) is 0 Å². The molecule has 1 aromatic heterocycles. The van der Waals surface area contributed by atoms with Gasteiger partial charge in [-0.25, -0.2) is 0 Å². The van der Waals surface area contributed by atoms with Gasteiger partial charge in [-0.15, -0.1) is 0 Å². The predicted molar refractivity (Wildman–Crippen MR) is 149 cm³/mol. The summed E-state index contributed by atoms with van der Waals surface area (Å²) in [6.07, 6.45) is 7.29. The van der Waals surface area contributed by atoms with E-state index >= 15 is 0 Å². The van der Waals surface area contributed by atoms with Crippen molar-refractivity contribution in [3.05, 3.63) is 141 Å².